The maximum atomic E-state index is 10.8. The van der Waals surface area contributed by atoms with Crippen LogP contribution in [0.2, 0.25) is 0 Å². The molecule has 0 aromatic carbocycles. The van der Waals surface area contributed by atoms with Gasteiger partial charge in [-0.05, 0) is 12.7 Å². The van der Waals surface area contributed by atoms with Gasteiger partial charge in [-0.15, -0.1) is 0 Å². The van der Waals surface area contributed by atoms with Crippen LogP contribution < -0.4 is 0 Å². The van der Waals surface area contributed by atoms with Crippen LogP contribution >= 0.6 is 11.8 Å². The Hall–Kier alpha value is -0.0200. The second-order valence-corrected chi connectivity index (χ2v) is 2.93. The van der Waals surface area contributed by atoms with Crippen LogP contribution in [-0.4, -0.2) is 31.5 Å². The number of rotatable bonds is 6. The number of carbonyl (C=O) groups excluding carboxylic acids is 1. The van der Waals surface area contributed by atoms with Gasteiger partial charge in [0.05, 0.1) is 5.75 Å². The molecule has 0 aliphatic heterocycles. The minimum absolute atomic E-state index is 0.324. The van der Waals surface area contributed by atoms with E-state index < -0.39 is 0 Å². The van der Waals surface area contributed by atoms with E-state index in [-0.39, 0.29) is 0 Å². The first-order valence-corrected chi connectivity index (χ1v) is 4.70. The lowest BCUT2D eigenvalue weighted by Gasteiger charge is -1.96. The highest BCUT2D eigenvalue weighted by molar-refractivity contribution is 7.99. The fourth-order valence-corrected chi connectivity index (χ4v) is 1.11. The van der Waals surface area contributed by atoms with Crippen LogP contribution in [0, 0.1) is 0 Å². The molecule has 0 spiro atoms. The van der Waals surface area contributed by atoms with Gasteiger partial charge < -0.3 is 4.74 Å². The summed E-state index contributed by atoms with van der Waals surface area (Å²) in [5.74, 6) is 0.966. The second-order valence-electron chi connectivity index (χ2n) is 2.07. The average Bonchev–Trinajstić information content (AvgIpc) is 1.89. The van der Waals surface area contributed by atoms with Crippen molar-refractivity contribution in [2.75, 3.05) is 25.7 Å². The molecule has 0 aromatic rings. The molecule has 0 fully saturated rings. The van der Waals surface area contributed by atoms with Crippen molar-refractivity contribution in [2.45, 2.75) is 12.8 Å². The maximum absolute atomic E-state index is 10.8. The van der Waals surface area contributed by atoms with Crippen LogP contribution in [0.1, 0.15) is 12.8 Å². The van der Waals surface area contributed by atoms with Crippen LogP contribution in [0.3, 0.4) is 0 Å². The van der Waals surface area contributed by atoms with Gasteiger partial charge in [0.15, 0.2) is 0 Å². The van der Waals surface area contributed by atoms with Crippen LogP contribution in [0.5, 0.6) is 0 Å². The van der Waals surface area contributed by atoms with Crippen LogP contribution in [0.15, 0.2) is 0 Å². The van der Waals surface area contributed by atoms with Gasteiger partial charge in [-0.3, -0.25) is 4.79 Å². The Morgan fingerprint density at radius 1 is 1.60 bits per heavy atom. The van der Waals surface area contributed by atoms with Gasteiger partial charge in [0.25, 0.3) is 0 Å². The largest absolute Gasteiger partial charge is 0.385 e. The third-order valence-corrected chi connectivity index (χ3v) is 1.72. The summed E-state index contributed by atoms with van der Waals surface area (Å²) in [6, 6.07) is 0. The molecule has 0 atom stereocenters. The predicted octanol–water partition coefficient (Wildman–Crippen LogP) is 1.35. The van der Waals surface area contributed by atoms with Crippen molar-refractivity contribution < 1.29 is 9.53 Å². The summed E-state index contributed by atoms with van der Waals surface area (Å²) < 4.78 is 4.81. The van der Waals surface area contributed by atoms with Gasteiger partial charge in [0.1, 0.15) is 5.78 Å². The van der Waals surface area contributed by atoms with Crippen molar-refractivity contribution >= 4 is 17.5 Å². The third-order valence-electron chi connectivity index (χ3n) is 1.11. The second kappa shape index (κ2) is 7.09. The molecule has 3 heteroatoms. The summed E-state index contributed by atoms with van der Waals surface area (Å²) in [4.78, 5) is 10.8. The first-order valence-electron chi connectivity index (χ1n) is 3.31. The Kier molecular flexibility index (Phi) is 7.08. The average molecular weight is 162 g/mol. The molecule has 0 saturated carbocycles. The number of hydrogen-bond donors (Lipinski definition) is 0. The van der Waals surface area contributed by atoms with Gasteiger partial charge in [-0.1, -0.05) is 0 Å². The molecule has 0 amide bonds. The van der Waals surface area contributed by atoms with Crippen molar-refractivity contribution in [3.63, 3.8) is 0 Å². The summed E-state index contributed by atoms with van der Waals surface area (Å²) in [6.07, 6.45) is 3.46. The van der Waals surface area contributed by atoms with E-state index in [0.29, 0.717) is 24.6 Å². The topological polar surface area (TPSA) is 26.3 Å². The Balaban J connectivity index is 3.05. The van der Waals surface area contributed by atoms with Gasteiger partial charge in [0.2, 0.25) is 0 Å². The molecule has 10 heavy (non-hydrogen) atoms. The molecule has 0 saturated heterocycles. The molecule has 0 bridgehead atoms. The molecule has 0 aliphatic rings. The van der Waals surface area contributed by atoms with Crippen LogP contribution in [0.25, 0.3) is 0 Å². The molecule has 0 aliphatic carbocycles. The van der Waals surface area contributed by atoms with Crippen molar-refractivity contribution in [1.82, 2.24) is 0 Å². The molecule has 0 heterocycles. The van der Waals surface area contributed by atoms with Crippen molar-refractivity contribution in [3.8, 4) is 0 Å². The molecule has 2 nitrogen and oxygen atoms in total. The van der Waals surface area contributed by atoms with E-state index in [0.717, 1.165) is 6.42 Å². The molecule has 0 unspecified atom stereocenters. The Morgan fingerprint density at radius 3 is 2.80 bits per heavy atom. The number of methoxy groups -OCH3 is 1. The van der Waals surface area contributed by atoms with Gasteiger partial charge in [0, 0.05) is 20.1 Å². The zero-order valence-electron chi connectivity index (χ0n) is 6.55. The lowest BCUT2D eigenvalue weighted by atomic mass is 10.2. The van der Waals surface area contributed by atoms with E-state index in [9.17, 15) is 4.79 Å². The van der Waals surface area contributed by atoms with E-state index in [4.69, 9.17) is 4.74 Å². The van der Waals surface area contributed by atoms with E-state index in [1.165, 1.54) is 0 Å². The summed E-state index contributed by atoms with van der Waals surface area (Å²) >= 11 is 1.58. The molecule has 0 rings (SSSR count). The summed E-state index contributed by atoms with van der Waals surface area (Å²) in [5, 5.41) is 0. The standard InChI is InChI=1S/C7H14O2S/c1-9-5-3-4-7(8)6-10-2/h3-6H2,1-2H3. The summed E-state index contributed by atoms with van der Waals surface area (Å²) in [5.41, 5.74) is 0. The highest BCUT2D eigenvalue weighted by atomic mass is 32.2. The van der Waals surface area contributed by atoms with Crippen molar-refractivity contribution in [2.24, 2.45) is 0 Å². The Bertz CT molecular complexity index is 93.6. The molecule has 0 aromatic heterocycles. The fraction of sp³-hybridized carbons (Fsp3) is 0.857. The predicted molar refractivity (Wildman–Crippen MR) is 44.5 cm³/mol. The van der Waals surface area contributed by atoms with Crippen LogP contribution in [0.4, 0.5) is 0 Å². The molecule has 0 N–H and O–H groups in total. The Labute approximate surface area is 66.3 Å². The Morgan fingerprint density at radius 2 is 2.30 bits per heavy atom. The van der Waals surface area contributed by atoms with E-state index in [2.05, 4.69) is 0 Å². The number of thioether (sulfide) groups is 1. The number of ether oxygens (including phenoxy) is 1. The quantitative estimate of drug-likeness (QED) is 0.551. The highest BCUT2D eigenvalue weighted by Gasteiger charge is 1.98. The van der Waals surface area contributed by atoms with Gasteiger partial charge >= 0.3 is 0 Å². The normalized spacial score (nSPS) is 9.80. The monoisotopic (exact) mass is 162 g/mol. The summed E-state index contributed by atoms with van der Waals surface area (Å²) in [6.45, 7) is 0.695. The van der Waals surface area contributed by atoms with Crippen molar-refractivity contribution in [1.29, 1.82) is 0 Å². The van der Waals surface area contributed by atoms with E-state index in [1.807, 2.05) is 6.26 Å². The number of hydrogen-bond acceptors (Lipinski definition) is 3. The smallest absolute Gasteiger partial charge is 0.142 e. The first-order chi connectivity index (χ1) is 4.81. The van der Waals surface area contributed by atoms with E-state index >= 15 is 0 Å². The third kappa shape index (κ3) is 6.11. The SMILES string of the molecule is COCCCC(=O)CSC. The molecule has 60 valence electrons. The number of carbonyl (C=O) groups is 1. The van der Waals surface area contributed by atoms with Crippen LogP contribution in [-0.2, 0) is 9.53 Å². The molecule has 0 radical (unpaired) electrons. The lowest BCUT2D eigenvalue weighted by Crippen LogP contribution is -2.02. The maximum Gasteiger partial charge on any atom is 0.142 e. The minimum Gasteiger partial charge on any atom is -0.385 e. The first kappa shape index (κ1) is 9.98. The highest BCUT2D eigenvalue weighted by Crippen LogP contribution is 1.98. The molecular formula is C7H14O2S. The minimum atomic E-state index is 0.324. The van der Waals surface area contributed by atoms with Crippen molar-refractivity contribution in [3.05, 3.63) is 0 Å². The zero-order valence-corrected chi connectivity index (χ0v) is 7.37. The summed E-state index contributed by atoms with van der Waals surface area (Å²) in [7, 11) is 1.65. The van der Waals surface area contributed by atoms with E-state index in [1.54, 1.807) is 18.9 Å². The number of Topliss-reactive ketones (excluding diaryl/α,β-unsaturated/α-hetero) is 1. The lowest BCUT2D eigenvalue weighted by molar-refractivity contribution is -0.116. The van der Waals surface area contributed by atoms with Gasteiger partial charge in [-0.25, -0.2) is 0 Å². The van der Waals surface area contributed by atoms with Gasteiger partial charge in [-0.2, -0.15) is 11.8 Å². The number of ketones is 1. The zero-order chi connectivity index (χ0) is 7.82. The molecular weight excluding hydrogens is 148 g/mol. The fourth-order valence-electron chi connectivity index (χ4n) is 0.647.